The zero-order chi connectivity index (χ0) is 15.9. The van der Waals surface area contributed by atoms with Gasteiger partial charge in [0.05, 0.1) is 19.1 Å². The molecule has 0 aliphatic rings. The molecule has 3 N–H and O–H groups in total. The van der Waals surface area contributed by atoms with Crippen molar-refractivity contribution in [1.82, 2.24) is 10.6 Å². The van der Waals surface area contributed by atoms with Crippen LogP contribution in [0.2, 0.25) is 0 Å². The molecule has 0 spiro atoms. The van der Waals surface area contributed by atoms with Crippen LogP contribution in [0.15, 0.2) is 24.3 Å². The van der Waals surface area contributed by atoms with Gasteiger partial charge in [-0.25, -0.2) is 0 Å². The van der Waals surface area contributed by atoms with Crippen LogP contribution in [0.25, 0.3) is 0 Å². The quantitative estimate of drug-likeness (QED) is 0.700. The van der Waals surface area contributed by atoms with E-state index in [0.717, 1.165) is 0 Å². The summed E-state index contributed by atoms with van der Waals surface area (Å²) in [5, 5.41) is 8.35. The molecule has 1 aromatic rings. The van der Waals surface area contributed by atoms with E-state index in [0.29, 0.717) is 18.0 Å². The molecule has 0 aromatic heterocycles. The Morgan fingerprint density at radius 3 is 2.62 bits per heavy atom. The highest BCUT2D eigenvalue weighted by atomic mass is 16.5. The Morgan fingerprint density at radius 2 is 2.00 bits per heavy atom. The number of rotatable bonds is 7. The van der Waals surface area contributed by atoms with Crippen molar-refractivity contribution in [3.63, 3.8) is 0 Å². The van der Waals surface area contributed by atoms with Gasteiger partial charge in [-0.15, -0.1) is 0 Å². The number of amides is 2. The van der Waals surface area contributed by atoms with Crippen LogP contribution in [0.5, 0.6) is 5.75 Å². The Hall–Kier alpha value is -2.08. The second kappa shape index (κ2) is 7.64. The van der Waals surface area contributed by atoms with Crippen LogP contribution < -0.4 is 20.7 Å². The minimum atomic E-state index is -0.564. The van der Waals surface area contributed by atoms with Crippen molar-refractivity contribution in [2.24, 2.45) is 5.41 Å². The minimum absolute atomic E-state index is 0.0665. The molecule has 0 saturated heterocycles. The zero-order valence-corrected chi connectivity index (χ0v) is 12.9. The van der Waals surface area contributed by atoms with Crippen molar-refractivity contribution in [2.45, 2.75) is 13.8 Å². The van der Waals surface area contributed by atoms with E-state index >= 15 is 0 Å². The van der Waals surface area contributed by atoms with Crippen LogP contribution in [-0.4, -0.2) is 39.1 Å². The first-order valence-corrected chi connectivity index (χ1v) is 6.76. The molecule has 0 aliphatic carbocycles. The summed E-state index contributed by atoms with van der Waals surface area (Å²) in [6.45, 7) is 4.19. The fourth-order valence-corrected chi connectivity index (χ4v) is 1.81. The van der Waals surface area contributed by atoms with Gasteiger partial charge in [0.25, 0.3) is 0 Å². The van der Waals surface area contributed by atoms with Gasteiger partial charge in [-0.2, -0.15) is 0 Å². The van der Waals surface area contributed by atoms with Gasteiger partial charge in [-0.1, -0.05) is 6.07 Å². The molecule has 6 nitrogen and oxygen atoms in total. The van der Waals surface area contributed by atoms with Crippen LogP contribution in [0.4, 0.5) is 5.69 Å². The van der Waals surface area contributed by atoms with E-state index in [2.05, 4.69) is 16.0 Å². The summed E-state index contributed by atoms with van der Waals surface area (Å²) in [4.78, 5) is 23.4. The van der Waals surface area contributed by atoms with Crippen LogP contribution in [0.3, 0.4) is 0 Å². The predicted molar refractivity (Wildman–Crippen MR) is 82.3 cm³/mol. The van der Waals surface area contributed by atoms with Gasteiger partial charge < -0.3 is 20.7 Å². The predicted octanol–water partition coefficient (Wildman–Crippen LogP) is 0.995. The lowest BCUT2D eigenvalue weighted by Gasteiger charge is -2.22. The number of methoxy groups -OCH3 is 1. The molecule has 1 rings (SSSR count). The van der Waals surface area contributed by atoms with Gasteiger partial charge >= 0.3 is 0 Å². The molecule has 0 heterocycles. The molecule has 116 valence electrons. The number of hydrogen-bond acceptors (Lipinski definition) is 4. The first kappa shape index (κ1) is 17.0. The van der Waals surface area contributed by atoms with Crippen molar-refractivity contribution >= 4 is 17.5 Å². The molecule has 1 aromatic carbocycles. The summed E-state index contributed by atoms with van der Waals surface area (Å²) in [6, 6.07) is 7.14. The number of ether oxygens (including phenoxy) is 1. The highest BCUT2D eigenvalue weighted by molar-refractivity contribution is 5.92. The molecule has 0 saturated carbocycles. The minimum Gasteiger partial charge on any atom is -0.497 e. The standard InChI is InChI=1S/C15H23N3O3/c1-15(2,14(20)16-3)10-17-9-13(19)18-11-6-5-7-12(8-11)21-4/h5-8,17H,9-10H2,1-4H3,(H,16,20)(H,18,19). The molecule has 0 unspecified atom stereocenters. The third-order valence-corrected chi connectivity index (χ3v) is 3.05. The highest BCUT2D eigenvalue weighted by Crippen LogP contribution is 2.16. The van der Waals surface area contributed by atoms with Crippen LogP contribution in [0, 0.1) is 5.41 Å². The monoisotopic (exact) mass is 293 g/mol. The number of nitrogens with one attached hydrogen (secondary N) is 3. The molecule has 2 amide bonds. The van der Waals surface area contributed by atoms with Gasteiger partial charge in [-0.3, -0.25) is 9.59 Å². The highest BCUT2D eigenvalue weighted by Gasteiger charge is 2.26. The largest absolute Gasteiger partial charge is 0.497 e. The topological polar surface area (TPSA) is 79.5 Å². The molecule has 0 aliphatic heterocycles. The lowest BCUT2D eigenvalue weighted by molar-refractivity contribution is -0.128. The van der Waals surface area contributed by atoms with Gasteiger partial charge in [-0.05, 0) is 26.0 Å². The fraction of sp³-hybridized carbons (Fsp3) is 0.467. The second-order valence-electron chi connectivity index (χ2n) is 5.35. The Balaban J connectivity index is 2.42. The third-order valence-electron chi connectivity index (χ3n) is 3.05. The molecule has 0 bridgehead atoms. The van der Waals surface area contributed by atoms with Crippen molar-refractivity contribution in [1.29, 1.82) is 0 Å². The SMILES string of the molecule is CNC(=O)C(C)(C)CNCC(=O)Nc1cccc(OC)c1. The summed E-state index contributed by atoms with van der Waals surface area (Å²) in [5.41, 5.74) is 0.108. The van der Waals surface area contributed by atoms with Gasteiger partial charge in [0.2, 0.25) is 11.8 Å². The Morgan fingerprint density at radius 1 is 1.29 bits per heavy atom. The maximum atomic E-state index is 11.8. The van der Waals surface area contributed by atoms with Gasteiger partial charge in [0, 0.05) is 25.3 Å². The maximum absolute atomic E-state index is 11.8. The maximum Gasteiger partial charge on any atom is 0.238 e. The molecule has 6 heteroatoms. The summed E-state index contributed by atoms with van der Waals surface area (Å²) in [6.07, 6.45) is 0. The Labute approximate surface area is 125 Å². The van der Waals surface area contributed by atoms with E-state index in [9.17, 15) is 9.59 Å². The number of carbonyl (C=O) groups is 2. The fourth-order valence-electron chi connectivity index (χ4n) is 1.81. The summed E-state index contributed by atoms with van der Waals surface area (Å²) < 4.78 is 5.09. The van der Waals surface area contributed by atoms with Crippen molar-refractivity contribution in [3.05, 3.63) is 24.3 Å². The molecule has 0 fully saturated rings. The van der Waals surface area contributed by atoms with E-state index < -0.39 is 5.41 Å². The third kappa shape index (κ3) is 5.43. The average Bonchev–Trinajstić information content (AvgIpc) is 2.46. The molecular formula is C15H23N3O3. The Kier molecular flexibility index (Phi) is 6.17. The lowest BCUT2D eigenvalue weighted by atomic mass is 9.92. The molecule has 21 heavy (non-hydrogen) atoms. The first-order valence-electron chi connectivity index (χ1n) is 6.76. The summed E-state index contributed by atoms with van der Waals surface area (Å²) in [5.74, 6) is 0.445. The van der Waals surface area contributed by atoms with Crippen LogP contribution in [-0.2, 0) is 9.59 Å². The Bertz CT molecular complexity index is 501. The average molecular weight is 293 g/mol. The first-order chi connectivity index (χ1) is 9.89. The lowest BCUT2D eigenvalue weighted by Crippen LogP contribution is -2.43. The van der Waals surface area contributed by atoms with Crippen molar-refractivity contribution in [2.75, 3.05) is 32.6 Å². The van der Waals surface area contributed by atoms with Gasteiger partial charge in [0.1, 0.15) is 5.75 Å². The summed E-state index contributed by atoms with van der Waals surface area (Å²) >= 11 is 0. The van der Waals surface area contributed by atoms with E-state index in [1.165, 1.54) is 0 Å². The smallest absolute Gasteiger partial charge is 0.238 e. The number of anilines is 1. The van der Waals surface area contributed by atoms with Crippen LogP contribution >= 0.6 is 0 Å². The van der Waals surface area contributed by atoms with E-state index in [1.807, 2.05) is 13.8 Å². The van der Waals surface area contributed by atoms with Gasteiger partial charge in [0.15, 0.2) is 0 Å². The number of carbonyl (C=O) groups excluding carboxylic acids is 2. The molecule has 0 radical (unpaired) electrons. The number of benzene rings is 1. The van der Waals surface area contributed by atoms with Crippen molar-refractivity contribution in [3.8, 4) is 5.75 Å². The molecular weight excluding hydrogens is 270 g/mol. The summed E-state index contributed by atoms with van der Waals surface area (Å²) in [7, 11) is 3.17. The van der Waals surface area contributed by atoms with Crippen molar-refractivity contribution < 1.29 is 14.3 Å². The van der Waals surface area contributed by atoms with E-state index in [4.69, 9.17) is 4.74 Å². The number of hydrogen-bond donors (Lipinski definition) is 3. The van der Waals surface area contributed by atoms with E-state index in [-0.39, 0.29) is 18.4 Å². The van der Waals surface area contributed by atoms with Crippen LogP contribution in [0.1, 0.15) is 13.8 Å². The van der Waals surface area contributed by atoms with E-state index in [1.54, 1.807) is 38.4 Å². The molecule has 0 atom stereocenters. The normalized spacial score (nSPS) is 10.9. The second-order valence-corrected chi connectivity index (χ2v) is 5.35. The zero-order valence-electron chi connectivity index (χ0n) is 12.9.